The van der Waals surface area contributed by atoms with Crippen LogP contribution in [0.25, 0.3) is 0 Å². The molecule has 1 aliphatic heterocycles. The average Bonchev–Trinajstić information content (AvgIpc) is 3.05. The largest absolute Gasteiger partial charge is 0.397 e. The van der Waals surface area contributed by atoms with Crippen LogP contribution in [0, 0.1) is 6.92 Å². The van der Waals surface area contributed by atoms with Crippen molar-refractivity contribution < 1.29 is 18.0 Å². The number of anilines is 4. The van der Waals surface area contributed by atoms with Gasteiger partial charge in [-0.15, -0.1) is 0 Å². The summed E-state index contributed by atoms with van der Waals surface area (Å²) in [5.41, 5.74) is 1.21. The number of carbonyl (C=O) groups excluding carboxylic acids is 1. The third-order valence-electron chi connectivity index (χ3n) is 4.54. The molecule has 1 amide bonds. The van der Waals surface area contributed by atoms with Crippen LogP contribution in [0.15, 0.2) is 46.5 Å². The van der Waals surface area contributed by atoms with E-state index in [1.54, 1.807) is 24.3 Å². The third-order valence-corrected chi connectivity index (χ3v) is 5.42. The normalized spacial score (nSPS) is 13.6. The van der Waals surface area contributed by atoms with E-state index in [0.717, 1.165) is 35.9 Å². The Morgan fingerprint density at radius 3 is 2.50 bits per heavy atom. The molecule has 4 rings (SSSR count). The molecule has 0 atom stereocenters. The van der Waals surface area contributed by atoms with E-state index in [0.29, 0.717) is 16.8 Å². The van der Waals surface area contributed by atoms with Crippen LogP contribution >= 0.6 is 11.8 Å². The van der Waals surface area contributed by atoms with Gasteiger partial charge in [-0.05, 0) is 49.4 Å². The zero-order chi connectivity index (χ0) is 22.7. The molecule has 1 aliphatic rings. The number of aryl methyl sites for hydroxylation is 1. The van der Waals surface area contributed by atoms with Crippen molar-refractivity contribution in [2.45, 2.75) is 36.0 Å². The Morgan fingerprint density at radius 2 is 1.91 bits per heavy atom. The second-order valence-electron chi connectivity index (χ2n) is 7.26. The summed E-state index contributed by atoms with van der Waals surface area (Å²) in [7, 11) is 0. The van der Waals surface area contributed by atoms with Crippen molar-refractivity contribution in [3.8, 4) is 0 Å². The first-order valence-corrected chi connectivity index (χ1v) is 10.6. The van der Waals surface area contributed by atoms with Gasteiger partial charge in [-0.25, -0.2) is 9.97 Å². The van der Waals surface area contributed by atoms with Crippen LogP contribution in [0.3, 0.4) is 0 Å². The molecule has 32 heavy (non-hydrogen) atoms. The van der Waals surface area contributed by atoms with E-state index in [-0.39, 0.29) is 5.69 Å². The number of halogens is 3. The third kappa shape index (κ3) is 5.90. The van der Waals surface area contributed by atoms with Crippen molar-refractivity contribution in [2.75, 3.05) is 28.6 Å². The van der Waals surface area contributed by atoms with Crippen LogP contribution in [0.5, 0.6) is 0 Å². The maximum atomic E-state index is 12.3. The highest BCUT2D eigenvalue weighted by Crippen LogP contribution is 2.31. The first-order chi connectivity index (χ1) is 15.2. The number of hydrogen-bond donors (Lipinski definition) is 3. The molecule has 8 nitrogen and oxygen atoms in total. The van der Waals surface area contributed by atoms with Crippen molar-refractivity contribution in [1.82, 2.24) is 20.2 Å². The zero-order valence-corrected chi connectivity index (χ0v) is 17.8. The predicted molar refractivity (Wildman–Crippen MR) is 115 cm³/mol. The van der Waals surface area contributed by atoms with Crippen LogP contribution in [0.4, 0.5) is 36.3 Å². The molecular weight excluding hydrogens is 443 g/mol. The SMILES string of the molecule is Cc1cc(Nc2cc(N3CCC3)nc(Sc3ccc(NC(=O)CC(F)(F)F)cc3)n2)n[nH]1. The molecule has 1 aromatic carbocycles. The Labute approximate surface area is 186 Å². The second kappa shape index (κ2) is 9.07. The summed E-state index contributed by atoms with van der Waals surface area (Å²) in [6, 6.07) is 10.2. The summed E-state index contributed by atoms with van der Waals surface area (Å²) in [4.78, 5) is 23.6. The molecule has 1 fully saturated rings. The van der Waals surface area contributed by atoms with Crippen LogP contribution in [-0.4, -0.2) is 45.3 Å². The monoisotopic (exact) mass is 463 g/mol. The average molecular weight is 463 g/mol. The second-order valence-corrected chi connectivity index (χ2v) is 8.30. The van der Waals surface area contributed by atoms with Crippen LogP contribution < -0.4 is 15.5 Å². The fourth-order valence-electron chi connectivity index (χ4n) is 2.94. The number of aromatic nitrogens is 4. The van der Waals surface area contributed by atoms with Gasteiger partial charge in [0.25, 0.3) is 0 Å². The van der Waals surface area contributed by atoms with Gasteiger partial charge in [-0.3, -0.25) is 9.89 Å². The summed E-state index contributed by atoms with van der Waals surface area (Å²) in [6.07, 6.45) is -4.96. The standard InChI is InChI=1S/C20H20F3N7OS/c1-12-9-16(29-28-12)25-15-10-17(30-7-2-8-30)27-19(26-15)32-14-5-3-13(4-6-14)24-18(31)11-20(21,22)23/h3-6,9-10H,2,7-8,11H2,1H3,(H,24,31)(H2,25,26,27,28,29). The minimum Gasteiger partial charge on any atom is -0.356 e. The predicted octanol–water partition coefficient (Wildman–Crippen LogP) is 4.50. The Kier molecular flexibility index (Phi) is 6.21. The van der Waals surface area contributed by atoms with Crippen molar-refractivity contribution >= 4 is 40.8 Å². The number of nitrogens with zero attached hydrogens (tertiary/aromatic N) is 4. The molecule has 2 aromatic heterocycles. The lowest BCUT2D eigenvalue weighted by Crippen LogP contribution is -2.37. The summed E-state index contributed by atoms with van der Waals surface area (Å²) in [6.45, 7) is 3.75. The van der Waals surface area contributed by atoms with E-state index in [4.69, 9.17) is 0 Å². The van der Waals surface area contributed by atoms with Gasteiger partial charge in [0.05, 0.1) is 0 Å². The summed E-state index contributed by atoms with van der Waals surface area (Å²) >= 11 is 1.31. The first kappa shape index (κ1) is 21.9. The van der Waals surface area contributed by atoms with Crippen molar-refractivity contribution in [1.29, 1.82) is 0 Å². The highest BCUT2D eigenvalue weighted by atomic mass is 32.2. The Balaban J connectivity index is 1.47. The fraction of sp³-hybridized carbons (Fsp3) is 0.300. The smallest absolute Gasteiger partial charge is 0.356 e. The quantitative estimate of drug-likeness (QED) is 0.444. The number of alkyl halides is 3. The van der Waals surface area contributed by atoms with E-state index in [9.17, 15) is 18.0 Å². The highest BCUT2D eigenvalue weighted by molar-refractivity contribution is 7.99. The molecule has 12 heteroatoms. The number of nitrogens with one attached hydrogen (secondary N) is 3. The number of hydrogen-bond acceptors (Lipinski definition) is 7. The number of amides is 1. The maximum absolute atomic E-state index is 12.3. The van der Waals surface area contributed by atoms with Gasteiger partial charge in [0.15, 0.2) is 11.0 Å². The molecule has 3 heterocycles. The number of carbonyl (C=O) groups is 1. The van der Waals surface area contributed by atoms with Crippen molar-refractivity contribution in [3.05, 3.63) is 42.1 Å². The molecule has 0 aliphatic carbocycles. The number of benzene rings is 1. The fourth-order valence-corrected chi connectivity index (χ4v) is 3.71. The van der Waals surface area contributed by atoms with E-state index >= 15 is 0 Å². The van der Waals surface area contributed by atoms with Gasteiger partial charge in [0.2, 0.25) is 5.91 Å². The van der Waals surface area contributed by atoms with Crippen molar-refractivity contribution in [2.24, 2.45) is 0 Å². The van der Waals surface area contributed by atoms with Gasteiger partial charge in [0, 0.05) is 41.5 Å². The minimum absolute atomic E-state index is 0.287. The minimum atomic E-state index is -4.54. The number of rotatable bonds is 7. The lowest BCUT2D eigenvalue weighted by molar-refractivity contribution is -0.150. The number of H-pyrrole nitrogens is 1. The molecule has 0 saturated carbocycles. The van der Waals surface area contributed by atoms with Crippen LogP contribution in [-0.2, 0) is 4.79 Å². The lowest BCUT2D eigenvalue weighted by Gasteiger charge is -2.32. The molecule has 0 radical (unpaired) electrons. The summed E-state index contributed by atoms with van der Waals surface area (Å²) in [5, 5.41) is 13.0. The van der Waals surface area contributed by atoms with Gasteiger partial charge < -0.3 is 15.5 Å². The Morgan fingerprint density at radius 1 is 1.16 bits per heavy atom. The topological polar surface area (TPSA) is 98.8 Å². The van der Waals surface area contributed by atoms with E-state index in [1.165, 1.54) is 11.8 Å². The molecule has 1 saturated heterocycles. The molecule has 3 aromatic rings. The molecule has 168 valence electrons. The van der Waals surface area contributed by atoms with Gasteiger partial charge >= 0.3 is 6.18 Å². The first-order valence-electron chi connectivity index (χ1n) is 9.81. The van der Waals surface area contributed by atoms with Crippen LogP contribution in [0.1, 0.15) is 18.5 Å². The maximum Gasteiger partial charge on any atom is 0.397 e. The number of aromatic amines is 1. The zero-order valence-electron chi connectivity index (χ0n) is 17.0. The highest BCUT2D eigenvalue weighted by Gasteiger charge is 2.31. The Bertz CT molecular complexity index is 1100. The summed E-state index contributed by atoms with van der Waals surface area (Å²) < 4.78 is 36.9. The molecule has 0 spiro atoms. The van der Waals surface area contributed by atoms with Crippen molar-refractivity contribution in [3.63, 3.8) is 0 Å². The van der Waals surface area contributed by atoms with Gasteiger partial charge in [-0.1, -0.05) is 0 Å². The van der Waals surface area contributed by atoms with E-state index in [2.05, 4.69) is 35.7 Å². The van der Waals surface area contributed by atoms with Crippen LogP contribution in [0.2, 0.25) is 0 Å². The summed E-state index contributed by atoms with van der Waals surface area (Å²) in [5.74, 6) is 0.949. The molecule has 0 unspecified atom stereocenters. The molecule has 3 N–H and O–H groups in total. The lowest BCUT2D eigenvalue weighted by atomic mass is 10.2. The molecular formula is C20H20F3N7OS. The van der Waals surface area contributed by atoms with Gasteiger partial charge in [0.1, 0.15) is 18.1 Å². The Hall–Kier alpha value is -3.28. The van der Waals surface area contributed by atoms with E-state index < -0.39 is 18.5 Å². The van der Waals surface area contributed by atoms with E-state index in [1.807, 2.05) is 19.1 Å². The molecule has 0 bridgehead atoms. The van der Waals surface area contributed by atoms with Gasteiger partial charge in [-0.2, -0.15) is 18.3 Å².